The maximum atomic E-state index is 12.7. The number of halogens is 2. The molecule has 1 aromatic rings. The van der Waals surface area contributed by atoms with E-state index in [1.807, 2.05) is 6.92 Å². The summed E-state index contributed by atoms with van der Waals surface area (Å²) in [4.78, 5) is 12.4. The van der Waals surface area contributed by atoms with E-state index >= 15 is 0 Å². The Labute approximate surface area is 164 Å². The van der Waals surface area contributed by atoms with Gasteiger partial charge in [0.1, 0.15) is 0 Å². The zero-order chi connectivity index (χ0) is 19.3. The van der Waals surface area contributed by atoms with Crippen LogP contribution < -0.4 is 5.32 Å². The van der Waals surface area contributed by atoms with Crippen LogP contribution in [0.25, 0.3) is 0 Å². The van der Waals surface area contributed by atoms with Crippen LogP contribution in [0.1, 0.15) is 25.3 Å². The highest BCUT2D eigenvalue weighted by molar-refractivity contribution is 7.88. The van der Waals surface area contributed by atoms with E-state index < -0.39 is 10.0 Å². The molecule has 1 fully saturated rings. The number of methoxy groups -OCH3 is 1. The molecule has 2 rings (SSSR count). The van der Waals surface area contributed by atoms with Gasteiger partial charge in [-0.15, -0.1) is 0 Å². The Kier molecular flexibility index (Phi) is 7.73. The number of nitrogens with one attached hydrogen (secondary N) is 1. The zero-order valence-electron chi connectivity index (χ0n) is 14.9. The third-order valence-electron chi connectivity index (χ3n) is 4.29. The van der Waals surface area contributed by atoms with E-state index in [4.69, 9.17) is 27.9 Å². The minimum absolute atomic E-state index is 0.115. The first-order valence-corrected chi connectivity index (χ1v) is 10.8. The number of carbonyl (C=O) groups is 1. The Bertz CT molecular complexity index is 742. The summed E-state index contributed by atoms with van der Waals surface area (Å²) in [6, 6.07) is 4.67. The van der Waals surface area contributed by atoms with Gasteiger partial charge in [0.2, 0.25) is 15.9 Å². The van der Waals surface area contributed by atoms with E-state index in [0.29, 0.717) is 41.6 Å². The first kappa shape index (κ1) is 21.4. The second kappa shape index (κ2) is 9.37. The average Bonchev–Trinajstić information content (AvgIpc) is 2.58. The van der Waals surface area contributed by atoms with Gasteiger partial charge >= 0.3 is 0 Å². The molecular formula is C17H24Cl2N2O4S. The third kappa shape index (κ3) is 5.82. The largest absolute Gasteiger partial charge is 0.383 e. The summed E-state index contributed by atoms with van der Waals surface area (Å²) in [5.74, 6) is -0.659. The molecule has 1 amide bonds. The van der Waals surface area contributed by atoms with Crippen molar-refractivity contribution < 1.29 is 17.9 Å². The van der Waals surface area contributed by atoms with Crippen molar-refractivity contribution in [2.75, 3.05) is 26.8 Å². The lowest BCUT2D eigenvalue weighted by atomic mass is 9.98. The summed E-state index contributed by atoms with van der Waals surface area (Å²) in [6.07, 6.45) is 1.32. The normalized spacial score (nSPS) is 19.9. The fraction of sp³-hybridized carbons (Fsp3) is 0.588. The van der Waals surface area contributed by atoms with Crippen molar-refractivity contribution in [2.24, 2.45) is 5.92 Å². The number of hydrogen-bond donors (Lipinski definition) is 1. The zero-order valence-corrected chi connectivity index (χ0v) is 17.2. The monoisotopic (exact) mass is 422 g/mol. The molecule has 1 aliphatic rings. The summed E-state index contributed by atoms with van der Waals surface area (Å²) in [7, 11) is -1.97. The molecule has 146 valence electrons. The molecule has 1 aliphatic heterocycles. The van der Waals surface area contributed by atoms with E-state index in [1.54, 1.807) is 25.3 Å². The predicted molar refractivity (Wildman–Crippen MR) is 103 cm³/mol. The second-order valence-electron chi connectivity index (χ2n) is 6.57. The van der Waals surface area contributed by atoms with Crippen LogP contribution in [0, 0.1) is 5.92 Å². The molecule has 1 aromatic carbocycles. The lowest BCUT2D eigenvalue weighted by Crippen LogP contribution is -2.48. The highest BCUT2D eigenvalue weighted by atomic mass is 35.5. The highest BCUT2D eigenvalue weighted by Crippen LogP contribution is 2.26. The van der Waals surface area contributed by atoms with Crippen LogP contribution in [-0.2, 0) is 25.3 Å². The summed E-state index contributed by atoms with van der Waals surface area (Å²) in [5.41, 5.74) is 0.569. The number of piperidine rings is 1. The minimum Gasteiger partial charge on any atom is -0.383 e. The Morgan fingerprint density at radius 1 is 1.38 bits per heavy atom. The maximum absolute atomic E-state index is 12.7. The Morgan fingerprint density at radius 3 is 2.77 bits per heavy atom. The predicted octanol–water partition coefficient (Wildman–Crippen LogP) is 2.69. The lowest BCUT2D eigenvalue weighted by Gasteiger charge is -2.31. The number of sulfonamides is 1. The van der Waals surface area contributed by atoms with Crippen molar-refractivity contribution in [2.45, 2.75) is 31.6 Å². The first-order valence-electron chi connectivity index (χ1n) is 8.44. The Balaban J connectivity index is 2.02. The number of amides is 1. The summed E-state index contributed by atoms with van der Waals surface area (Å²) < 4.78 is 31.9. The number of benzene rings is 1. The van der Waals surface area contributed by atoms with Crippen molar-refractivity contribution >= 4 is 39.1 Å². The van der Waals surface area contributed by atoms with Gasteiger partial charge in [-0.3, -0.25) is 4.79 Å². The number of rotatable bonds is 7. The van der Waals surface area contributed by atoms with Crippen molar-refractivity contribution in [3.05, 3.63) is 33.8 Å². The van der Waals surface area contributed by atoms with Gasteiger partial charge in [-0.05, 0) is 37.5 Å². The second-order valence-corrected chi connectivity index (χ2v) is 9.35. The smallest absolute Gasteiger partial charge is 0.224 e. The van der Waals surface area contributed by atoms with E-state index in [1.165, 1.54) is 4.31 Å². The van der Waals surface area contributed by atoms with Crippen LogP contribution >= 0.6 is 23.2 Å². The van der Waals surface area contributed by atoms with Gasteiger partial charge in [0, 0.05) is 26.2 Å². The van der Waals surface area contributed by atoms with Gasteiger partial charge in [-0.1, -0.05) is 29.3 Å². The molecule has 0 aromatic heterocycles. The molecule has 6 nitrogen and oxygen atoms in total. The fourth-order valence-corrected chi connectivity index (χ4v) is 4.91. The molecule has 26 heavy (non-hydrogen) atoms. The topological polar surface area (TPSA) is 75.7 Å². The molecule has 2 atom stereocenters. The van der Waals surface area contributed by atoms with Gasteiger partial charge < -0.3 is 10.1 Å². The van der Waals surface area contributed by atoms with Gasteiger partial charge in [-0.2, -0.15) is 0 Å². The number of ether oxygens (including phenoxy) is 1. The Hall–Kier alpha value is -0.860. The van der Waals surface area contributed by atoms with E-state index in [0.717, 1.165) is 0 Å². The van der Waals surface area contributed by atoms with Gasteiger partial charge in [-0.25, -0.2) is 12.7 Å². The van der Waals surface area contributed by atoms with Gasteiger partial charge in [0.15, 0.2) is 0 Å². The quantitative estimate of drug-likeness (QED) is 0.732. The number of nitrogens with zero attached hydrogens (tertiary/aromatic N) is 1. The molecule has 0 spiro atoms. The Morgan fingerprint density at radius 2 is 2.12 bits per heavy atom. The first-order chi connectivity index (χ1) is 12.2. The molecular weight excluding hydrogens is 399 g/mol. The molecule has 1 N–H and O–H groups in total. The maximum Gasteiger partial charge on any atom is 0.224 e. The van der Waals surface area contributed by atoms with Crippen molar-refractivity contribution in [3.8, 4) is 0 Å². The highest BCUT2D eigenvalue weighted by Gasteiger charge is 2.32. The average molecular weight is 423 g/mol. The van der Waals surface area contributed by atoms with Crippen LogP contribution in [0.15, 0.2) is 18.2 Å². The van der Waals surface area contributed by atoms with Crippen molar-refractivity contribution in [3.63, 3.8) is 0 Å². The van der Waals surface area contributed by atoms with Crippen LogP contribution in [-0.4, -0.2) is 51.5 Å². The lowest BCUT2D eigenvalue weighted by molar-refractivity contribution is -0.127. The summed E-state index contributed by atoms with van der Waals surface area (Å²) in [5, 5.41) is 3.57. The minimum atomic E-state index is -3.54. The molecule has 9 heteroatoms. The molecule has 0 aliphatic carbocycles. The molecule has 1 saturated heterocycles. The summed E-state index contributed by atoms with van der Waals surface area (Å²) >= 11 is 11.8. The van der Waals surface area contributed by atoms with Crippen LogP contribution in [0.5, 0.6) is 0 Å². The molecule has 2 unspecified atom stereocenters. The van der Waals surface area contributed by atoms with Crippen LogP contribution in [0.4, 0.5) is 0 Å². The SMILES string of the molecule is COCC(C)NC(=O)C1CCCN(S(=O)(=O)Cc2ccc(Cl)c(Cl)c2)C1. The van der Waals surface area contributed by atoms with Crippen molar-refractivity contribution in [1.82, 2.24) is 9.62 Å². The fourth-order valence-electron chi connectivity index (χ4n) is 2.99. The van der Waals surface area contributed by atoms with Gasteiger partial charge in [0.05, 0.1) is 28.3 Å². The third-order valence-corrected chi connectivity index (χ3v) is 6.84. The van der Waals surface area contributed by atoms with E-state index in [9.17, 15) is 13.2 Å². The van der Waals surface area contributed by atoms with E-state index in [2.05, 4.69) is 5.32 Å². The molecule has 0 bridgehead atoms. The molecule has 0 saturated carbocycles. The number of carbonyl (C=O) groups excluding carboxylic acids is 1. The van der Waals surface area contributed by atoms with E-state index in [-0.39, 0.29) is 30.2 Å². The molecule has 1 heterocycles. The van der Waals surface area contributed by atoms with Crippen molar-refractivity contribution in [1.29, 1.82) is 0 Å². The molecule has 0 radical (unpaired) electrons. The van der Waals surface area contributed by atoms with Crippen LogP contribution in [0.3, 0.4) is 0 Å². The van der Waals surface area contributed by atoms with Gasteiger partial charge in [0.25, 0.3) is 0 Å². The summed E-state index contributed by atoms with van der Waals surface area (Å²) in [6.45, 7) is 2.87. The van der Waals surface area contributed by atoms with Crippen LogP contribution in [0.2, 0.25) is 10.0 Å². The standard InChI is InChI=1S/C17H24Cl2N2O4S/c1-12(10-25-2)20-17(22)14-4-3-7-21(9-14)26(23,24)11-13-5-6-15(18)16(19)8-13/h5-6,8,12,14H,3-4,7,9-11H2,1-2H3,(H,20,22). The number of hydrogen-bond acceptors (Lipinski definition) is 4.